The lowest BCUT2D eigenvalue weighted by molar-refractivity contribution is -0.120. The molecule has 1 fully saturated rings. The smallest absolute Gasteiger partial charge is 0.272 e. The van der Waals surface area contributed by atoms with Gasteiger partial charge in [-0.25, -0.2) is 9.38 Å². The fourth-order valence-corrected chi connectivity index (χ4v) is 2.96. The van der Waals surface area contributed by atoms with Crippen LogP contribution in [0.5, 0.6) is 0 Å². The highest BCUT2D eigenvalue weighted by Gasteiger charge is 2.56. The maximum atomic E-state index is 14.1. The minimum absolute atomic E-state index is 0.0373. The van der Waals surface area contributed by atoms with E-state index in [9.17, 15) is 14.3 Å². The first-order valence-corrected chi connectivity index (χ1v) is 7.06. The number of halogens is 2. The van der Waals surface area contributed by atoms with Gasteiger partial charge in [0.15, 0.2) is 18.2 Å². The summed E-state index contributed by atoms with van der Waals surface area (Å²) in [5.74, 6) is -0.912. The Morgan fingerprint density at radius 2 is 2.38 bits per heavy atom. The van der Waals surface area contributed by atoms with Gasteiger partial charge < -0.3 is 14.9 Å². The maximum Gasteiger partial charge on any atom is 0.272 e. The first kappa shape index (κ1) is 14.7. The molecule has 4 N–H and O–H groups in total. The van der Waals surface area contributed by atoms with Crippen LogP contribution in [0.25, 0.3) is 0 Å². The molecule has 3 aliphatic rings. The molecular weight excluding hydrogens is 400 g/mol. The topological polar surface area (TPSA) is 131 Å². The van der Waals surface area contributed by atoms with Gasteiger partial charge in [-0.1, -0.05) is 0 Å². The first-order valence-electron chi connectivity index (χ1n) is 5.98. The second-order valence-corrected chi connectivity index (χ2v) is 6.26. The van der Waals surface area contributed by atoms with Crippen molar-refractivity contribution in [1.29, 1.82) is 5.41 Å². The van der Waals surface area contributed by atoms with E-state index in [1.54, 1.807) is 22.6 Å². The summed E-state index contributed by atoms with van der Waals surface area (Å²) in [6, 6.07) is 0. The van der Waals surface area contributed by atoms with Gasteiger partial charge in [0.25, 0.3) is 5.91 Å². The number of amidine groups is 1. The van der Waals surface area contributed by atoms with E-state index in [-0.39, 0.29) is 11.8 Å². The molecule has 11 heteroatoms. The number of alkyl halides is 2. The van der Waals surface area contributed by atoms with Crippen LogP contribution in [-0.4, -0.2) is 73.9 Å². The van der Waals surface area contributed by atoms with Gasteiger partial charge in [0.1, 0.15) is 12.2 Å². The van der Waals surface area contributed by atoms with Crippen molar-refractivity contribution in [1.82, 2.24) is 10.2 Å². The number of rotatable bonds is 2. The van der Waals surface area contributed by atoms with E-state index in [0.717, 1.165) is 0 Å². The van der Waals surface area contributed by atoms with Gasteiger partial charge >= 0.3 is 0 Å². The normalized spacial score (nSPS) is 42.1. The number of carbonyl (C=O) groups is 1. The molecule has 1 saturated heterocycles. The highest BCUT2D eigenvalue weighted by atomic mass is 127. The third-order valence-electron chi connectivity index (χ3n) is 3.40. The fourth-order valence-electron chi connectivity index (χ4n) is 2.31. The number of ether oxygens (including phenoxy) is 1. The number of nitrogens with zero attached hydrogens (tertiary/aromatic N) is 3. The average Bonchev–Trinajstić information content (AvgIpc) is 2.91. The first-order chi connectivity index (χ1) is 9.88. The van der Waals surface area contributed by atoms with Crippen LogP contribution in [0.1, 0.15) is 0 Å². The summed E-state index contributed by atoms with van der Waals surface area (Å²) >= 11 is 1.74. The number of aliphatic imine (C=N–C) groups is 2. The number of fused-ring (bicyclic) bond motifs is 1. The van der Waals surface area contributed by atoms with E-state index >= 15 is 0 Å². The van der Waals surface area contributed by atoms with Crippen molar-refractivity contribution in [2.24, 2.45) is 9.98 Å². The van der Waals surface area contributed by atoms with Crippen molar-refractivity contribution in [2.75, 3.05) is 6.61 Å². The molecule has 21 heavy (non-hydrogen) atoms. The van der Waals surface area contributed by atoms with Crippen LogP contribution in [-0.2, 0) is 9.53 Å². The van der Waals surface area contributed by atoms with Crippen LogP contribution in [0.15, 0.2) is 9.98 Å². The van der Waals surface area contributed by atoms with E-state index in [4.69, 9.17) is 15.3 Å². The van der Waals surface area contributed by atoms with E-state index in [1.807, 2.05) is 0 Å². The summed E-state index contributed by atoms with van der Waals surface area (Å²) in [5.41, 5.74) is 0. The Balaban J connectivity index is 1.93. The Morgan fingerprint density at radius 3 is 3.00 bits per heavy atom. The summed E-state index contributed by atoms with van der Waals surface area (Å²) in [7, 11) is 0. The van der Waals surface area contributed by atoms with E-state index in [0.29, 0.717) is 0 Å². The monoisotopic (exact) mass is 411 g/mol. The molecule has 1 amide bonds. The van der Waals surface area contributed by atoms with E-state index < -0.39 is 40.7 Å². The Kier molecular flexibility index (Phi) is 3.46. The molecule has 0 aromatic rings. The zero-order valence-electron chi connectivity index (χ0n) is 10.4. The number of nitrogens with one attached hydrogen (secondary N) is 2. The standard InChI is InChI=1S/C10H11FIN5O4/c11-4-5(19)3(1-18)21-6(4)17-2-14-10(12)7(17)15-9(13)16-8(10)20/h2-6,18-19H,1H2,(H2,13,16,20)/t3-,4-,5-,6-,10?/m1/s1. The zero-order chi connectivity index (χ0) is 15.4. The molecule has 114 valence electrons. The Hall–Kier alpha value is -1.18. The molecule has 3 heterocycles. The number of guanidine groups is 1. The van der Waals surface area contributed by atoms with Crippen molar-refractivity contribution < 1.29 is 24.1 Å². The Bertz CT molecular complexity index is 572. The Morgan fingerprint density at radius 1 is 1.67 bits per heavy atom. The minimum atomic E-state index is -1.81. The average molecular weight is 411 g/mol. The lowest BCUT2D eigenvalue weighted by Gasteiger charge is -2.30. The summed E-state index contributed by atoms with van der Waals surface area (Å²) in [6.07, 6.45) is -4.45. The van der Waals surface area contributed by atoms with Crippen molar-refractivity contribution in [3.8, 4) is 0 Å². The van der Waals surface area contributed by atoms with Gasteiger partial charge in [-0.15, -0.1) is 0 Å². The Labute approximate surface area is 131 Å². The van der Waals surface area contributed by atoms with Gasteiger partial charge in [-0.05, 0) is 22.6 Å². The SMILES string of the molecule is N=C1N=C2N([C@@H]3O[C@H](CO)[C@@H](O)[C@H]3F)C=NC2(I)C(=O)N1. The summed E-state index contributed by atoms with van der Waals surface area (Å²) in [6.45, 7) is -0.540. The quantitative estimate of drug-likeness (QED) is 0.246. The van der Waals surface area contributed by atoms with Crippen molar-refractivity contribution in [3.05, 3.63) is 0 Å². The number of hydrogen-bond acceptors (Lipinski definition) is 7. The summed E-state index contributed by atoms with van der Waals surface area (Å²) < 4.78 is 18.0. The van der Waals surface area contributed by atoms with Crippen molar-refractivity contribution in [3.63, 3.8) is 0 Å². The van der Waals surface area contributed by atoms with Crippen LogP contribution in [0, 0.1) is 5.41 Å². The highest BCUT2D eigenvalue weighted by Crippen LogP contribution is 2.36. The third-order valence-corrected chi connectivity index (χ3v) is 4.65. The molecule has 0 radical (unpaired) electrons. The van der Waals surface area contributed by atoms with Gasteiger partial charge in [0.2, 0.25) is 9.51 Å². The van der Waals surface area contributed by atoms with Gasteiger partial charge in [0.05, 0.1) is 12.9 Å². The molecule has 0 saturated carbocycles. The number of amides is 1. The lowest BCUT2D eigenvalue weighted by Crippen LogP contribution is -2.57. The molecular formula is C10H11FIN5O4. The number of hydrogen-bond donors (Lipinski definition) is 4. The van der Waals surface area contributed by atoms with Crippen LogP contribution in [0.3, 0.4) is 0 Å². The number of carbonyl (C=O) groups excluding carboxylic acids is 1. The molecule has 0 aromatic heterocycles. The molecule has 9 nitrogen and oxygen atoms in total. The maximum absolute atomic E-state index is 14.1. The van der Waals surface area contributed by atoms with Crippen LogP contribution >= 0.6 is 22.6 Å². The molecule has 0 aliphatic carbocycles. The summed E-state index contributed by atoms with van der Waals surface area (Å²) in [5, 5.41) is 28.4. The second kappa shape index (κ2) is 4.93. The van der Waals surface area contributed by atoms with Gasteiger partial charge in [-0.3, -0.25) is 20.4 Å². The van der Waals surface area contributed by atoms with E-state index in [2.05, 4.69) is 15.3 Å². The van der Waals surface area contributed by atoms with Gasteiger partial charge in [-0.2, -0.15) is 4.99 Å². The molecule has 0 spiro atoms. The number of aliphatic hydroxyl groups excluding tert-OH is 2. The molecule has 0 bridgehead atoms. The van der Waals surface area contributed by atoms with Crippen LogP contribution < -0.4 is 5.32 Å². The molecule has 3 aliphatic heterocycles. The highest BCUT2D eigenvalue weighted by molar-refractivity contribution is 14.1. The summed E-state index contributed by atoms with van der Waals surface area (Å²) in [4.78, 5) is 21.0. The molecule has 1 unspecified atom stereocenters. The van der Waals surface area contributed by atoms with Gasteiger partial charge in [0, 0.05) is 0 Å². The number of aliphatic hydroxyl groups is 2. The van der Waals surface area contributed by atoms with Crippen molar-refractivity contribution in [2.45, 2.75) is 28.2 Å². The zero-order valence-corrected chi connectivity index (χ0v) is 12.6. The van der Waals surface area contributed by atoms with E-state index in [1.165, 1.54) is 11.2 Å². The van der Waals surface area contributed by atoms with Crippen molar-refractivity contribution >= 4 is 46.6 Å². The molecule has 3 rings (SSSR count). The lowest BCUT2D eigenvalue weighted by atomic mass is 10.1. The van der Waals surface area contributed by atoms with Crippen LogP contribution in [0.2, 0.25) is 0 Å². The predicted molar refractivity (Wildman–Crippen MR) is 77.0 cm³/mol. The molecule has 5 atom stereocenters. The minimum Gasteiger partial charge on any atom is -0.394 e. The molecule has 0 aromatic carbocycles. The van der Waals surface area contributed by atoms with Crippen LogP contribution in [0.4, 0.5) is 4.39 Å². The predicted octanol–water partition coefficient (Wildman–Crippen LogP) is -1.66. The fraction of sp³-hybridized carbons (Fsp3) is 0.600. The third kappa shape index (κ3) is 2.06. The largest absolute Gasteiger partial charge is 0.394 e. The second-order valence-electron chi connectivity index (χ2n) is 4.69.